The van der Waals surface area contributed by atoms with E-state index < -0.39 is 12.3 Å². The van der Waals surface area contributed by atoms with E-state index in [-0.39, 0.29) is 29.4 Å². The van der Waals surface area contributed by atoms with E-state index in [0.717, 1.165) is 4.90 Å². The summed E-state index contributed by atoms with van der Waals surface area (Å²) < 4.78 is 26.9. The molecule has 0 saturated carbocycles. The largest absolute Gasteiger partial charge is 0.326 e. The van der Waals surface area contributed by atoms with E-state index in [9.17, 15) is 18.4 Å². The van der Waals surface area contributed by atoms with Gasteiger partial charge in [-0.1, -0.05) is 48.0 Å². The maximum absolute atomic E-state index is 13.4. The van der Waals surface area contributed by atoms with Gasteiger partial charge in [-0.3, -0.25) is 14.5 Å². The van der Waals surface area contributed by atoms with Gasteiger partial charge in [0.25, 0.3) is 6.43 Å². The van der Waals surface area contributed by atoms with E-state index in [1.807, 2.05) is 0 Å². The summed E-state index contributed by atoms with van der Waals surface area (Å²) in [6.07, 6.45) is -1.31. The van der Waals surface area contributed by atoms with Gasteiger partial charge in [0.05, 0.1) is 12.1 Å². The van der Waals surface area contributed by atoms with Crippen LogP contribution in [0.3, 0.4) is 0 Å². The fourth-order valence-corrected chi connectivity index (χ4v) is 3.17. The number of nitrogens with one attached hydrogen (secondary N) is 1. The minimum Gasteiger partial charge on any atom is -0.326 e. The van der Waals surface area contributed by atoms with Crippen molar-refractivity contribution in [2.45, 2.75) is 19.8 Å². The van der Waals surface area contributed by atoms with Crippen molar-refractivity contribution in [1.29, 1.82) is 0 Å². The van der Waals surface area contributed by atoms with Gasteiger partial charge < -0.3 is 5.32 Å². The number of para-hydroxylation sites is 1. The maximum atomic E-state index is 13.4. The second kappa shape index (κ2) is 9.45. The lowest BCUT2D eigenvalue weighted by Crippen LogP contribution is -2.25. The van der Waals surface area contributed by atoms with Crippen molar-refractivity contribution >= 4 is 40.6 Å². The molecule has 0 spiro atoms. The van der Waals surface area contributed by atoms with Gasteiger partial charge in [-0.2, -0.15) is 0 Å². The van der Waals surface area contributed by atoms with Crippen molar-refractivity contribution in [2.75, 3.05) is 10.2 Å². The van der Waals surface area contributed by atoms with Gasteiger partial charge in [0, 0.05) is 35.5 Å². The van der Waals surface area contributed by atoms with Gasteiger partial charge in [0.1, 0.15) is 5.82 Å². The maximum Gasteiger partial charge on any atom is 0.265 e. The summed E-state index contributed by atoms with van der Waals surface area (Å²) >= 11 is 6.09. The van der Waals surface area contributed by atoms with Crippen LogP contribution in [-0.4, -0.2) is 16.8 Å². The molecule has 2 amide bonds. The predicted octanol–water partition coefficient (Wildman–Crippen LogP) is 5.54. The fourth-order valence-electron chi connectivity index (χ4n) is 2.97. The lowest BCUT2D eigenvalue weighted by atomic mass is 10.1. The smallest absolute Gasteiger partial charge is 0.265 e. The molecule has 5 nitrogen and oxygen atoms in total. The third-order valence-electron chi connectivity index (χ3n) is 4.29. The Morgan fingerprint density at radius 2 is 1.80 bits per heavy atom. The number of carbonyl (C=O) groups excluding carboxylic acids is 2. The summed E-state index contributed by atoms with van der Waals surface area (Å²) in [5.74, 6) is -0.691. The molecule has 30 heavy (non-hydrogen) atoms. The Morgan fingerprint density at radius 3 is 2.50 bits per heavy atom. The molecule has 1 aromatic heterocycles. The lowest BCUT2D eigenvalue weighted by molar-refractivity contribution is -0.116. The van der Waals surface area contributed by atoms with Gasteiger partial charge in [-0.05, 0) is 23.8 Å². The minimum absolute atomic E-state index is 0.0343. The summed E-state index contributed by atoms with van der Waals surface area (Å²) in [7, 11) is 0. The zero-order valence-electron chi connectivity index (χ0n) is 16.0. The number of rotatable bonds is 6. The number of benzene rings is 2. The molecular weight excluding hydrogens is 412 g/mol. The van der Waals surface area contributed by atoms with Gasteiger partial charge in [0.2, 0.25) is 11.8 Å². The number of aromatic nitrogens is 1. The Morgan fingerprint density at radius 1 is 1.10 bits per heavy atom. The number of alkyl halides is 2. The molecule has 3 aromatic rings. The third-order valence-corrected chi connectivity index (χ3v) is 4.66. The number of anilines is 3. The summed E-state index contributed by atoms with van der Waals surface area (Å²) in [4.78, 5) is 29.9. The van der Waals surface area contributed by atoms with Crippen molar-refractivity contribution < 1.29 is 18.4 Å². The molecule has 0 unspecified atom stereocenters. The van der Waals surface area contributed by atoms with Crippen molar-refractivity contribution in [1.82, 2.24) is 4.98 Å². The van der Waals surface area contributed by atoms with Gasteiger partial charge in [-0.15, -0.1) is 0 Å². The molecule has 0 saturated heterocycles. The summed E-state index contributed by atoms with van der Waals surface area (Å²) in [5.41, 5.74) is 0.787. The highest BCUT2D eigenvalue weighted by atomic mass is 35.5. The van der Waals surface area contributed by atoms with E-state index in [1.165, 1.54) is 37.4 Å². The molecule has 0 aliphatic rings. The third kappa shape index (κ3) is 4.99. The number of halogens is 3. The molecule has 1 N–H and O–H groups in total. The van der Waals surface area contributed by atoms with Crippen LogP contribution in [0.1, 0.15) is 24.5 Å². The lowest BCUT2D eigenvalue weighted by Gasteiger charge is -2.23. The molecule has 154 valence electrons. The Labute approximate surface area is 177 Å². The molecule has 8 heteroatoms. The molecule has 0 atom stereocenters. The second-order valence-electron chi connectivity index (χ2n) is 6.43. The minimum atomic E-state index is -2.76. The molecule has 3 rings (SSSR count). The van der Waals surface area contributed by atoms with Crippen LogP contribution in [0.4, 0.5) is 26.0 Å². The van der Waals surface area contributed by atoms with Crippen molar-refractivity contribution in [2.24, 2.45) is 0 Å². The van der Waals surface area contributed by atoms with E-state index in [1.54, 1.807) is 36.4 Å². The van der Waals surface area contributed by atoms with Crippen LogP contribution in [0.25, 0.3) is 0 Å². The number of hydrogen-bond donors (Lipinski definition) is 1. The monoisotopic (exact) mass is 429 g/mol. The average Bonchev–Trinajstić information content (AvgIpc) is 2.70. The first-order chi connectivity index (χ1) is 14.4. The molecule has 0 aliphatic heterocycles. The number of amides is 2. The quantitative estimate of drug-likeness (QED) is 0.559. The second-order valence-corrected chi connectivity index (χ2v) is 6.84. The summed E-state index contributed by atoms with van der Waals surface area (Å²) in [5, 5.41) is 3.20. The fraction of sp³-hybridized carbons (Fsp3) is 0.136. The first kappa shape index (κ1) is 21.4. The first-order valence-electron chi connectivity index (χ1n) is 9.04. The SMILES string of the molecule is CC(=O)N(c1cc(NC(=O)Cc2ccccc2Cl)ccn1)c1ccccc1C(F)F. The van der Waals surface area contributed by atoms with Crippen molar-refractivity contribution in [3.05, 3.63) is 83.0 Å². The van der Waals surface area contributed by atoms with E-state index in [4.69, 9.17) is 11.6 Å². The number of hydrogen-bond acceptors (Lipinski definition) is 3. The van der Waals surface area contributed by atoms with Crippen LogP contribution in [0.2, 0.25) is 5.02 Å². The normalized spacial score (nSPS) is 10.7. The summed E-state index contributed by atoms with van der Waals surface area (Å²) in [6.45, 7) is 1.26. The average molecular weight is 430 g/mol. The van der Waals surface area contributed by atoms with E-state index in [2.05, 4.69) is 10.3 Å². The van der Waals surface area contributed by atoms with Gasteiger partial charge in [0.15, 0.2) is 0 Å². The molecule has 1 heterocycles. The summed E-state index contributed by atoms with van der Waals surface area (Å²) in [6, 6.07) is 15.7. The van der Waals surface area contributed by atoms with Crippen LogP contribution >= 0.6 is 11.6 Å². The zero-order valence-corrected chi connectivity index (χ0v) is 16.7. The van der Waals surface area contributed by atoms with Crippen LogP contribution in [0.15, 0.2) is 66.9 Å². The Bertz CT molecular complexity index is 1080. The van der Waals surface area contributed by atoms with Gasteiger partial charge in [-0.25, -0.2) is 13.8 Å². The highest BCUT2D eigenvalue weighted by Gasteiger charge is 2.23. The molecule has 0 radical (unpaired) electrons. The van der Waals surface area contributed by atoms with Crippen LogP contribution in [0, 0.1) is 0 Å². The highest BCUT2D eigenvalue weighted by molar-refractivity contribution is 6.31. The molecule has 0 bridgehead atoms. The van der Waals surface area contributed by atoms with Crippen molar-refractivity contribution in [3.63, 3.8) is 0 Å². The first-order valence-corrected chi connectivity index (χ1v) is 9.41. The highest BCUT2D eigenvalue weighted by Crippen LogP contribution is 2.34. The number of carbonyl (C=O) groups is 2. The molecule has 0 fully saturated rings. The van der Waals surface area contributed by atoms with E-state index >= 15 is 0 Å². The molecule has 0 aliphatic carbocycles. The number of nitrogens with zero attached hydrogens (tertiary/aromatic N) is 2. The van der Waals surface area contributed by atoms with Gasteiger partial charge >= 0.3 is 0 Å². The van der Waals surface area contributed by atoms with Crippen LogP contribution in [0.5, 0.6) is 0 Å². The Balaban J connectivity index is 1.87. The van der Waals surface area contributed by atoms with Crippen molar-refractivity contribution in [3.8, 4) is 0 Å². The van der Waals surface area contributed by atoms with Crippen LogP contribution in [-0.2, 0) is 16.0 Å². The zero-order chi connectivity index (χ0) is 21.7. The van der Waals surface area contributed by atoms with E-state index in [0.29, 0.717) is 16.3 Å². The Hall–Kier alpha value is -3.32. The molecule has 2 aromatic carbocycles. The predicted molar refractivity (Wildman–Crippen MR) is 112 cm³/mol. The Kier molecular flexibility index (Phi) is 6.74. The topological polar surface area (TPSA) is 62.3 Å². The number of pyridine rings is 1. The van der Waals surface area contributed by atoms with Crippen LogP contribution < -0.4 is 10.2 Å². The standard InChI is InChI=1S/C22H18ClF2N3O2/c1-14(29)28(19-9-5-3-7-17(19)22(24)25)20-13-16(10-11-26-20)27-21(30)12-15-6-2-4-8-18(15)23/h2-11,13,22H,12H2,1H3,(H,26,27,30). The molecular formula is C22H18ClF2N3O2.